The molecule has 0 unspecified atom stereocenters. The number of carbonyl (C=O) groups excluding carboxylic acids is 2. The maximum atomic E-state index is 13.4. The number of hydrogen-bond acceptors (Lipinski definition) is 7. The third-order valence-corrected chi connectivity index (χ3v) is 5.68. The molecule has 0 radical (unpaired) electrons. The van der Waals surface area contributed by atoms with E-state index in [-0.39, 0.29) is 35.6 Å². The number of carbonyl (C=O) groups is 2. The van der Waals surface area contributed by atoms with E-state index in [1.165, 1.54) is 6.26 Å². The first-order chi connectivity index (χ1) is 15.0. The third kappa shape index (κ3) is 3.93. The minimum Gasteiger partial charge on any atom is -0.464 e. The van der Waals surface area contributed by atoms with Gasteiger partial charge in [-0.05, 0) is 38.8 Å². The highest BCUT2D eigenvalue weighted by Gasteiger charge is 2.40. The van der Waals surface area contributed by atoms with E-state index in [9.17, 15) is 14.4 Å². The molecule has 0 saturated heterocycles. The fourth-order valence-corrected chi connectivity index (χ4v) is 4.27. The number of dihydropyridines is 1. The minimum absolute atomic E-state index is 0.0709. The molecule has 0 spiro atoms. The summed E-state index contributed by atoms with van der Waals surface area (Å²) in [6.07, 6.45) is 3.15. The van der Waals surface area contributed by atoms with Crippen LogP contribution in [0.4, 0.5) is 0 Å². The number of hydrogen-bond donors (Lipinski definition) is 1. The number of benzene rings is 1. The Balaban J connectivity index is 1.83. The molecule has 4 rings (SSSR count). The summed E-state index contributed by atoms with van der Waals surface area (Å²) in [6, 6.07) is 6.93. The molecule has 2 aromatic rings. The smallest absolute Gasteiger partial charge is 0.336 e. The molecule has 1 aliphatic carbocycles. The number of ketones is 1. The van der Waals surface area contributed by atoms with Crippen molar-refractivity contribution in [2.24, 2.45) is 0 Å². The molecule has 1 aromatic carbocycles. The molecule has 7 nitrogen and oxygen atoms in total. The van der Waals surface area contributed by atoms with Crippen molar-refractivity contribution >= 4 is 22.7 Å². The van der Waals surface area contributed by atoms with Gasteiger partial charge in [0.05, 0.1) is 29.7 Å². The topological polar surface area (TPSA) is 94.8 Å². The number of fused-ring (bicyclic) bond motifs is 1. The minimum atomic E-state index is -0.829. The second-order valence-corrected chi connectivity index (χ2v) is 7.61. The lowest BCUT2D eigenvalue weighted by molar-refractivity contribution is -0.140. The fourth-order valence-electron chi connectivity index (χ4n) is 4.27. The zero-order valence-corrected chi connectivity index (χ0v) is 17.7. The van der Waals surface area contributed by atoms with Gasteiger partial charge < -0.3 is 19.2 Å². The summed E-state index contributed by atoms with van der Waals surface area (Å²) in [5.41, 5.74) is 2.51. The van der Waals surface area contributed by atoms with Gasteiger partial charge >= 0.3 is 5.97 Å². The fraction of sp³-hybridized carbons (Fsp3) is 0.375. The van der Waals surface area contributed by atoms with Crippen LogP contribution in [0, 0.1) is 0 Å². The van der Waals surface area contributed by atoms with Crippen LogP contribution in [0.15, 0.2) is 62.3 Å². The Bertz CT molecular complexity index is 1160. The van der Waals surface area contributed by atoms with Crippen LogP contribution in [-0.4, -0.2) is 31.6 Å². The van der Waals surface area contributed by atoms with Crippen molar-refractivity contribution in [1.29, 1.82) is 0 Å². The van der Waals surface area contributed by atoms with Gasteiger partial charge in [0.2, 0.25) is 0 Å². The van der Waals surface area contributed by atoms with Crippen molar-refractivity contribution in [2.75, 3.05) is 19.8 Å². The molecule has 1 N–H and O–H groups in total. The number of nitrogens with one attached hydrogen (secondary N) is 1. The number of Topliss-reactive ketones (excluding diaryl/α,β-unsaturated/α-hetero) is 1. The maximum absolute atomic E-state index is 13.4. The van der Waals surface area contributed by atoms with Crippen molar-refractivity contribution < 1.29 is 23.5 Å². The summed E-state index contributed by atoms with van der Waals surface area (Å²) in [5, 5.41) is 3.62. The molecule has 31 heavy (non-hydrogen) atoms. The van der Waals surface area contributed by atoms with E-state index < -0.39 is 11.9 Å². The van der Waals surface area contributed by atoms with Crippen molar-refractivity contribution in [3.05, 3.63) is 68.9 Å². The number of para-hydroxylation sites is 1. The van der Waals surface area contributed by atoms with Gasteiger partial charge in [0.25, 0.3) is 0 Å². The average Bonchev–Trinajstić information content (AvgIpc) is 2.76. The van der Waals surface area contributed by atoms with E-state index in [0.717, 1.165) is 12.1 Å². The molecule has 2 aliphatic rings. The van der Waals surface area contributed by atoms with Gasteiger partial charge in [-0.15, -0.1) is 0 Å². The van der Waals surface area contributed by atoms with Gasteiger partial charge in [0.1, 0.15) is 12.2 Å². The summed E-state index contributed by atoms with van der Waals surface area (Å²) in [4.78, 5) is 39.4. The summed E-state index contributed by atoms with van der Waals surface area (Å²) in [5.74, 6) is -1.48. The quantitative estimate of drug-likeness (QED) is 0.562. The van der Waals surface area contributed by atoms with Crippen LogP contribution in [0.25, 0.3) is 11.0 Å². The SMILES string of the molecule is CCOCCOC(=O)C1=C(C)NC2=C(C(=O)CCC2)[C@@H]1c1coc2ccccc2c1=O. The maximum Gasteiger partial charge on any atom is 0.336 e. The monoisotopic (exact) mass is 423 g/mol. The first-order valence-electron chi connectivity index (χ1n) is 10.5. The highest BCUT2D eigenvalue weighted by molar-refractivity contribution is 6.04. The molecular formula is C24H25NO6. The van der Waals surface area contributed by atoms with Crippen LogP contribution in [0.2, 0.25) is 0 Å². The third-order valence-electron chi connectivity index (χ3n) is 5.68. The molecule has 0 fully saturated rings. The predicted octanol–water partition coefficient (Wildman–Crippen LogP) is 3.34. The number of esters is 1. The lowest BCUT2D eigenvalue weighted by Crippen LogP contribution is -2.36. The van der Waals surface area contributed by atoms with Crippen LogP contribution < -0.4 is 10.7 Å². The Kier molecular flexibility index (Phi) is 6.04. The van der Waals surface area contributed by atoms with E-state index in [0.29, 0.717) is 41.7 Å². The molecular weight excluding hydrogens is 398 g/mol. The lowest BCUT2D eigenvalue weighted by atomic mass is 9.75. The second-order valence-electron chi connectivity index (χ2n) is 7.61. The van der Waals surface area contributed by atoms with Crippen LogP contribution in [0.5, 0.6) is 0 Å². The first-order valence-corrected chi connectivity index (χ1v) is 10.5. The summed E-state index contributed by atoms with van der Waals surface area (Å²) < 4.78 is 16.4. The Hall–Kier alpha value is -3.19. The highest BCUT2D eigenvalue weighted by atomic mass is 16.6. The van der Waals surface area contributed by atoms with E-state index in [1.807, 2.05) is 6.92 Å². The van der Waals surface area contributed by atoms with Gasteiger partial charge in [-0.1, -0.05) is 12.1 Å². The zero-order chi connectivity index (χ0) is 22.0. The van der Waals surface area contributed by atoms with Crippen molar-refractivity contribution in [3.63, 3.8) is 0 Å². The molecule has 1 aliphatic heterocycles. The van der Waals surface area contributed by atoms with Crippen molar-refractivity contribution in [1.82, 2.24) is 5.32 Å². The lowest BCUT2D eigenvalue weighted by Gasteiger charge is -2.33. The molecule has 1 aromatic heterocycles. The Labute approximate surface area is 179 Å². The van der Waals surface area contributed by atoms with Gasteiger partial charge in [-0.2, -0.15) is 0 Å². The van der Waals surface area contributed by atoms with Crippen LogP contribution >= 0.6 is 0 Å². The standard InChI is InChI=1S/C24H25NO6/c1-3-29-11-12-30-24(28)20-14(2)25-17-8-6-9-18(26)22(17)21(20)16-13-31-19-10-5-4-7-15(19)23(16)27/h4-5,7,10,13,21,25H,3,6,8-9,11-12H2,1-2H3/t21-/m1/s1. The number of ether oxygens (including phenoxy) is 2. The largest absolute Gasteiger partial charge is 0.464 e. The molecule has 162 valence electrons. The first kappa shape index (κ1) is 21.1. The zero-order valence-electron chi connectivity index (χ0n) is 17.7. The summed E-state index contributed by atoms with van der Waals surface area (Å²) in [7, 11) is 0. The molecule has 0 bridgehead atoms. The van der Waals surface area contributed by atoms with Gasteiger partial charge in [-0.3, -0.25) is 9.59 Å². The van der Waals surface area contributed by atoms with E-state index in [4.69, 9.17) is 13.9 Å². The van der Waals surface area contributed by atoms with Crippen molar-refractivity contribution in [2.45, 2.75) is 39.0 Å². The van der Waals surface area contributed by atoms with Gasteiger partial charge in [0.15, 0.2) is 11.2 Å². The van der Waals surface area contributed by atoms with Crippen molar-refractivity contribution in [3.8, 4) is 0 Å². The second kappa shape index (κ2) is 8.89. The molecule has 1 atom stereocenters. The van der Waals surface area contributed by atoms with Gasteiger partial charge in [-0.25, -0.2) is 4.79 Å². The van der Waals surface area contributed by atoms with Gasteiger partial charge in [0, 0.05) is 35.6 Å². The number of allylic oxidation sites excluding steroid dienone is 3. The molecule has 7 heteroatoms. The Morgan fingerprint density at radius 3 is 2.81 bits per heavy atom. The normalized spacial score (nSPS) is 18.8. The van der Waals surface area contributed by atoms with E-state index >= 15 is 0 Å². The van der Waals surface area contributed by atoms with Crippen LogP contribution in [-0.2, 0) is 19.1 Å². The van der Waals surface area contributed by atoms with Crippen LogP contribution in [0.1, 0.15) is 44.6 Å². The van der Waals surface area contributed by atoms with E-state index in [1.54, 1.807) is 31.2 Å². The average molecular weight is 423 g/mol. The summed E-state index contributed by atoms with van der Waals surface area (Å²) >= 11 is 0. The highest BCUT2D eigenvalue weighted by Crippen LogP contribution is 2.41. The number of rotatable bonds is 6. The molecule has 2 heterocycles. The summed E-state index contributed by atoms with van der Waals surface area (Å²) in [6.45, 7) is 4.50. The predicted molar refractivity (Wildman–Crippen MR) is 114 cm³/mol. The Morgan fingerprint density at radius 2 is 2.00 bits per heavy atom. The molecule has 0 amide bonds. The Morgan fingerprint density at radius 1 is 1.19 bits per heavy atom. The van der Waals surface area contributed by atoms with E-state index in [2.05, 4.69) is 5.32 Å². The van der Waals surface area contributed by atoms with Crippen LogP contribution in [0.3, 0.4) is 0 Å². The molecule has 0 saturated carbocycles.